The maximum Gasteiger partial charge on any atom is 0.228 e. The van der Waals surface area contributed by atoms with Crippen molar-refractivity contribution in [1.82, 2.24) is 9.80 Å². The normalized spacial score (nSPS) is 22.5. The summed E-state index contributed by atoms with van der Waals surface area (Å²) in [7, 11) is 0.246. The third-order valence-corrected chi connectivity index (χ3v) is 7.14. The van der Waals surface area contributed by atoms with E-state index in [1.807, 2.05) is 7.05 Å². The number of hydrogen-bond acceptors (Lipinski definition) is 5. The van der Waals surface area contributed by atoms with Crippen LogP contribution in [0.25, 0.3) is 0 Å². The second kappa shape index (κ2) is 7.83. The maximum absolute atomic E-state index is 12.8. The lowest BCUT2D eigenvalue weighted by atomic mass is 9.71. The van der Waals surface area contributed by atoms with Gasteiger partial charge >= 0.3 is 0 Å². The number of piperidine rings is 2. The SMILES string of the molecule is COC1CN(C)C(=O)C2(CCN(C(=O)Cc3ccc(S(C)(=O)=O)cc3)CC2)C1. The lowest BCUT2D eigenvalue weighted by Gasteiger charge is -2.47. The van der Waals surface area contributed by atoms with E-state index in [9.17, 15) is 18.0 Å². The third kappa shape index (κ3) is 4.22. The van der Waals surface area contributed by atoms with Crippen molar-refractivity contribution in [2.45, 2.75) is 36.7 Å². The Kier molecular flexibility index (Phi) is 5.82. The number of hydrogen-bond donors (Lipinski definition) is 0. The zero-order valence-corrected chi connectivity index (χ0v) is 17.5. The Bertz CT molecular complexity index is 842. The first kappa shape index (κ1) is 20.8. The largest absolute Gasteiger partial charge is 0.380 e. The molecule has 0 saturated carbocycles. The van der Waals surface area contributed by atoms with Crippen LogP contribution in [0.5, 0.6) is 0 Å². The summed E-state index contributed by atoms with van der Waals surface area (Å²) < 4.78 is 28.6. The Morgan fingerprint density at radius 1 is 1.21 bits per heavy atom. The molecule has 0 bridgehead atoms. The number of likely N-dealkylation sites (N-methyl/N-ethyl adjacent to an activating group) is 1. The molecule has 1 spiro atoms. The fourth-order valence-corrected chi connectivity index (χ4v) is 4.91. The van der Waals surface area contributed by atoms with E-state index in [0.29, 0.717) is 38.9 Å². The summed E-state index contributed by atoms with van der Waals surface area (Å²) >= 11 is 0. The second-order valence-corrected chi connectivity index (χ2v) is 10.0. The molecule has 2 aliphatic rings. The number of amides is 2. The zero-order chi connectivity index (χ0) is 20.5. The molecule has 0 radical (unpaired) electrons. The summed E-state index contributed by atoms with van der Waals surface area (Å²) in [5.74, 6) is 0.158. The van der Waals surface area contributed by atoms with Gasteiger partial charge in [-0.25, -0.2) is 8.42 Å². The van der Waals surface area contributed by atoms with Gasteiger partial charge < -0.3 is 14.5 Å². The van der Waals surface area contributed by atoms with E-state index in [0.717, 1.165) is 11.8 Å². The van der Waals surface area contributed by atoms with Crippen molar-refractivity contribution in [2.24, 2.45) is 5.41 Å². The van der Waals surface area contributed by atoms with E-state index in [4.69, 9.17) is 4.74 Å². The molecule has 7 nitrogen and oxygen atoms in total. The highest BCUT2D eigenvalue weighted by Gasteiger charge is 2.48. The number of nitrogens with zero attached hydrogens (tertiary/aromatic N) is 2. The fraction of sp³-hybridized carbons (Fsp3) is 0.600. The zero-order valence-electron chi connectivity index (χ0n) is 16.7. The van der Waals surface area contributed by atoms with E-state index in [1.54, 1.807) is 29.0 Å². The number of ether oxygens (including phenoxy) is 1. The third-order valence-electron chi connectivity index (χ3n) is 6.01. The monoisotopic (exact) mass is 408 g/mol. The topological polar surface area (TPSA) is 84.0 Å². The highest BCUT2D eigenvalue weighted by Crippen LogP contribution is 2.41. The number of rotatable bonds is 4. The lowest BCUT2D eigenvalue weighted by Crippen LogP contribution is -2.57. The molecular formula is C20H28N2O5S. The van der Waals surface area contributed by atoms with Gasteiger partial charge in [-0.15, -0.1) is 0 Å². The minimum absolute atomic E-state index is 0.00172. The molecule has 2 aliphatic heterocycles. The Balaban J connectivity index is 1.61. The minimum Gasteiger partial charge on any atom is -0.380 e. The van der Waals surface area contributed by atoms with Gasteiger partial charge in [0.25, 0.3) is 0 Å². The smallest absolute Gasteiger partial charge is 0.228 e. The standard InChI is InChI=1S/C20H28N2O5S/c1-21-14-16(27-2)13-20(19(21)24)8-10-22(11-9-20)18(23)12-15-4-6-17(7-5-15)28(3,25)26/h4-7,16H,8-14H2,1-3H3. The van der Waals surface area contributed by atoms with Gasteiger partial charge in [0.15, 0.2) is 9.84 Å². The summed E-state index contributed by atoms with van der Waals surface area (Å²) in [6, 6.07) is 6.43. The lowest BCUT2D eigenvalue weighted by molar-refractivity contribution is -0.158. The van der Waals surface area contributed by atoms with Crippen LogP contribution in [0.3, 0.4) is 0 Å². The molecule has 0 aromatic heterocycles. The number of likely N-dealkylation sites (tertiary alicyclic amines) is 2. The van der Waals surface area contributed by atoms with Crippen molar-refractivity contribution in [2.75, 3.05) is 40.0 Å². The van der Waals surface area contributed by atoms with Gasteiger partial charge in [0.2, 0.25) is 11.8 Å². The first-order chi connectivity index (χ1) is 13.1. The highest BCUT2D eigenvalue weighted by molar-refractivity contribution is 7.90. The molecule has 2 saturated heterocycles. The molecule has 1 unspecified atom stereocenters. The number of methoxy groups -OCH3 is 1. The molecular weight excluding hydrogens is 380 g/mol. The second-order valence-electron chi connectivity index (χ2n) is 8.00. The van der Waals surface area contributed by atoms with Crippen LogP contribution in [-0.2, 0) is 30.6 Å². The summed E-state index contributed by atoms with van der Waals surface area (Å²) in [6.07, 6.45) is 3.43. The Morgan fingerprint density at radius 2 is 1.82 bits per heavy atom. The van der Waals surface area contributed by atoms with Crippen molar-refractivity contribution in [3.05, 3.63) is 29.8 Å². The molecule has 28 heavy (non-hydrogen) atoms. The van der Waals surface area contributed by atoms with Gasteiger partial charge in [0.05, 0.1) is 22.8 Å². The van der Waals surface area contributed by atoms with E-state index in [2.05, 4.69) is 0 Å². The number of benzene rings is 1. The molecule has 154 valence electrons. The van der Waals surface area contributed by atoms with Gasteiger partial charge in [-0.05, 0) is 37.0 Å². The summed E-state index contributed by atoms with van der Waals surface area (Å²) in [5.41, 5.74) is 0.354. The average Bonchev–Trinajstić information content (AvgIpc) is 2.66. The van der Waals surface area contributed by atoms with E-state index >= 15 is 0 Å². The minimum atomic E-state index is -3.24. The first-order valence-electron chi connectivity index (χ1n) is 9.50. The van der Waals surface area contributed by atoms with Crippen molar-refractivity contribution in [3.63, 3.8) is 0 Å². The van der Waals surface area contributed by atoms with E-state index in [1.165, 1.54) is 12.1 Å². The van der Waals surface area contributed by atoms with Crippen LogP contribution in [-0.4, -0.2) is 76.2 Å². The van der Waals surface area contributed by atoms with Crippen molar-refractivity contribution >= 4 is 21.7 Å². The number of carbonyl (C=O) groups is 2. The maximum atomic E-state index is 12.8. The van der Waals surface area contributed by atoms with Gasteiger partial charge in [-0.2, -0.15) is 0 Å². The molecule has 1 aromatic rings. The van der Waals surface area contributed by atoms with Crippen LogP contribution in [0, 0.1) is 5.41 Å². The molecule has 2 amide bonds. The van der Waals surface area contributed by atoms with Crippen LogP contribution < -0.4 is 0 Å². The van der Waals surface area contributed by atoms with Gasteiger partial charge in [0.1, 0.15) is 0 Å². The average molecular weight is 409 g/mol. The summed E-state index contributed by atoms with van der Waals surface area (Å²) in [4.78, 5) is 29.2. The quantitative estimate of drug-likeness (QED) is 0.745. The van der Waals surface area contributed by atoms with Crippen LogP contribution in [0.2, 0.25) is 0 Å². The van der Waals surface area contributed by atoms with E-state index in [-0.39, 0.29) is 29.2 Å². The Hall–Kier alpha value is -1.93. The Morgan fingerprint density at radius 3 is 2.36 bits per heavy atom. The number of sulfone groups is 1. The highest BCUT2D eigenvalue weighted by atomic mass is 32.2. The Labute approximate surface area is 166 Å². The molecule has 8 heteroatoms. The van der Waals surface area contributed by atoms with Gasteiger partial charge in [-0.1, -0.05) is 12.1 Å². The molecule has 2 fully saturated rings. The molecule has 3 rings (SSSR count). The van der Waals surface area contributed by atoms with Crippen molar-refractivity contribution in [3.8, 4) is 0 Å². The van der Waals surface area contributed by atoms with Crippen molar-refractivity contribution < 1.29 is 22.7 Å². The van der Waals surface area contributed by atoms with Crippen LogP contribution in [0.1, 0.15) is 24.8 Å². The molecule has 1 atom stereocenters. The molecule has 2 heterocycles. The van der Waals surface area contributed by atoms with Crippen LogP contribution in [0.15, 0.2) is 29.2 Å². The van der Waals surface area contributed by atoms with Crippen molar-refractivity contribution in [1.29, 1.82) is 0 Å². The predicted molar refractivity (Wildman–Crippen MR) is 105 cm³/mol. The predicted octanol–water partition coefficient (Wildman–Crippen LogP) is 1.12. The van der Waals surface area contributed by atoms with Gasteiger partial charge in [0, 0.05) is 40.0 Å². The molecule has 1 aromatic carbocycles. The number of carbonyl (C=O) groups excluding carboxylic acids is 2. The first-order valence-corrected chi connectivity index (χ1v) is 11.4. The molecule has 0 aliphatic carbocycles. The molecule has 0 N–H and O–H groups in total. The van der Waals surface area contributed by atoms with Gasteiger partial charge in [-0.3, -0.25) is 9.59 Å². The summed E-state index contributed by atoms with van der Waals surface area (Å²) in [6.45, 7) is 1.72. The van der Waals surface area contributed by atoms with Crippen LogP contribution >= 0.6 is 0 Å². The fourth-order valence-electron chi connectivity index (χ4n) is 4.28. The summed E-state index contributed by atoms with van der Waals surface area (Å²) in [5, 5.41) is 0. The van der Waals surface area contributed by atoms with E-state index < -0.39 is 15.3 Å². The van der Waals surface area contributed by atoms with Crippen LogP contribution in [0.4, 0.5) is 0 Å².